The molecule has 1 aromatic heterocycles. The van der Waals surface area contributed by atoms with Crippen LogP contribution in [0.25, 0.3) is 0 Å². The van der Waals surface area contributed by atoms with Crippen molar-refractivity contribution in [3.05, 3.63) is 36.0 Å². The lowest BCUT2D eigenvalue weighted by atomic mass is 10.3. The van der Waals surface area contributed by atoms with E-state index in [0.29, 0.717) is 17.4 Å². The number of nitrogens with zero attached hydrogens (tertiary/aromatic N) is 3. The van der Waals surface area contributed by atoms with Gasteiger partial charge in [-0.25, -0.2) is 4.99 Å². The van der Waals surface area contributed by atoms with Gasteiger partial charge in [0.05, 0.1) is 0 Å². The molecule has 23 heavy (non-hydrogen) atoms. The van der Waals surface area contributed by atoms with Gasteiger partial charge in [0.15, 0.2) is 11.8 Å². The highest BCUT2D eigenvalue weighted by molar-refractivity contribution is 14.0. The van der Waals surface area contributed by atoms with Gasteiger partial charge in [-0.3, -0.25) is 0 Å². The van der Waals surface area contributed by atoms with Crippen LogP contribution >= 0.6 is 24.0 Å². The molecule has 126 valence electrons. The monoisotopic (exact) mass is 443 g/mol. The van der Waals surface area contributed by atoms with Crippen molar-refractivity contribution in [2.24, 2.45) is 10.7 Å². The average Bonchev–Trinajstić information content (AvgIpc) is 2.83. The van der Waals surface area contributed by atoms with E-state index in [0.717, 1.165) is 12.1 Å². The fraction of sp³-hybridized carbons (Fsp3) is 0.250. The van der Waals surface area contributed by atoms with Crippen LogP contribution in [0.2, 0.25) is 0 Å². The molecule has 2 rings (SSSR count). The number of guanidine groups is 1. The number of hydrogen-bond donors (Lipinski definition) is 2. The van der Waals surface area contributed by atoms with Crippen LogP contribution in [-0.2, 0) is 6.54 Å². The minimum Gasteiger partial charge on any atom is -0.406 e. The predicted molar refractivity (Wildman–Crippen MR) is 86.5 cm³/mol. The van der Waals surface area contributed by atoms with Gasteiger partial charge < -0.3 is 20.3 Å². The quantitative estimate of drug-likeness (QED) is 0.429. The van der Waals surface area contributed by atoms with Crippen molar-refractivity contribution >= 4 is 35.6 Å². The number of halogens is 4. The molecule has 0 aliphatic rings. The number of ether oxygens (including phenoxy) is 1. The SMILES string of the molecule is Cc1noc(CN=C(N)Nc2ccc(OC(F)(F)F)cc2)n1.I. The lowest BCUT2D eigenvalue weighted by Gasteiger charge is -2.10. The first-order valence-corrected chi connectivity index (χ1v) is 6.04. The number of aliphatic imine (C=N–C) groups is 1. The summed E-state index contributed by atoms with van der Waals surface area (Å²) in [6.45, 7) is 1.76. The molecule has 0 aliphatic heterocycles. The lowest BCUT2D eigenvalue weighted by molar-refractivity contribution is -0.274. The highest BCUT2D eigenvalue weighted by Gasteiger charge is 2.30. The second-order valence-corrected chi connectivity index (χ2v) is 4.13. The van der Waals surface area contributed by atoms with Gasteiger partial charge in [0.2, 0.25) is 5.89 Å². The van der Waals surface area contributed by atoms with Gasteiger partial charge in [-0.15, -0.1) is 37.1 Å². The predicted octanol–water partition coefficient (Wildman–Crippen LogP) is 2.82. The smallest absolute Gasteiger partial charge is 0.406 e. The largest absolute Gasteiger partial charge is 0.573 e. The maximum absolute atomic E-state index is 12.0. The minimum absolute atomic E-state index is 0. The minimum atomic E-state index is -4.72. The fourth-order valence-electron chi connectivity index (χ4n) is 1.48. The molecule has 3 N–H and O–H groups in total. The second kappa shape index (κ2) is 7.99. The Hall–Kier alpha value is -2.05. The number of aromatic nitrogens is 2. The number of aryl methyl sites for hydroxylation is 1. The van der Waals surface area contributed by atoms with Crippen molar-refractivity contribution in [2.45, 2.75) is 19.8 Å². The summed E-state index contributed by atoms with van der Waals surface area (Å²) < 4.78 is 44.7. The Bertz CT molecular complexity index is 657. The van der Waals surface area contributed by atoms with Crippen LogP contribution in [0.4, 0.5) is 18.9 Å². The van der Waals surface area contributed by atoms with E-state index in [1.165, 1.54) is 12.1 Å². The van der Waals surface area contributed by atoms with Crippen molar-refractivity contribution < 1.29 is 22.4 Å². The summed E-state index contributed by atoms with van der Waals surface area (Å²) in [5, 5.41) is 6.31. The fourth-order valence-corrected chi connectivity index (χ4v) is 1.48. The Labute approximate surface area is 146 Å². The first kappa shape index (κ1) is 19.0. The van der Waals surface area contributed by atoms with Crippen LogP contribution < -0.4 is 15.8 Å². The molecule has 7 nitrogen and oxygen atoms in total. The van der Waals surface area contributed by atoms with Crippen LogP contribution in [-0.4, -0.2) is 22.5 Å². The molecule has 1 aromatic carbocycles. The Kier molecular flexibility index (Phi) is 6.60. The molecule has 11 heteroatoms. The maximum Gasteiger partial charge on any atom is 0.573 e. The molecular formula is C12H13F3IN5O2. The van der Waals surface area contributed by atoms with Gasteiger partial charge in [-0.1, -0.05) is 5.16 Å². The Morgan fingerprint density at radius 1 is 1.35 bits per heavy atom. The number of alkyl halides is 3. The van der Waals surface area contributed by atoms with E-state index in [1.807, 2.05) is 0 Å². The first-order valence-electron chi connectivity index (χ1n) is 6.04. The Balaban J connectivity index is 0.00000264. The van der Waals surface area contributed by atoms with E-state index in [9.17, 15) is 13.2 Å². The Morgan fingerprint density at radius 3 is 2.52 bits per heavy atom. The zero-order valence-corrected chi connectivity index (χ0v) is 14.1. The highest BCUT2D eigenvalue weighted by Crippen LogP contribution is 2.23. The molecule has 0 amide bonds. The maximum atomic E-state index is 12.0. The standard InChI is InChI=1S/C12H12F3N5O2.HI/c1-7-18-10(22-20-7)6-17-11(16)19-8-2-4-9(5-3-8)21-12(13,14)15;/h2-5H,6H2,1H3,(H3,16,17,19);1H. The third-order valence-corrected chi connectivity index (χ3v) is 2.31. The van der Waals surface area contributed by atoms with Crippen LogP contribution in [0.1, 0.15) is 11.7 Å². The number of rotatable bonds is 4. The van der Waals surface area contributed by atoms with Crippen molar-refractivity contribution in [1.29, 1.82) is 0 Å². The number of benzene rings is 1. The molecule has 0 saturated carbocycles. The number of anilines is 1. The van der Waals surface area contributed by atoms with Gasteiger partial charge >= 0.3 is 6.36 Å². The van der Waals surface area contributed by atoms with E-state index >= 15 is 0 Å². The zero-order valence-electron chi connectivity index (χ0n) is 11.8. The van der Waals surface area contributed by atoms with Crippen molar-refractivity contribution in [3.63, 3.8) is 0 Å². The number of nitrogens with two attached hydrogens (primary N) is 1. The number of nitrogens with one attached hydrogen (secondary N) is 1. The first-order chi connectivity index (χ1) is 10.3. The molecule has 0 radical (unpaired) electrons. The third kappa shape index (κ3) is 6.71. The summed E-state index contributed by atoms with van der Waals surface area (Å²) in [6.07, 6.45) is -4.72. The molecule has 2 aromatic rings. The normalized spacial score (nSPS) is 11.7. The molecule has 0 spiro atoms. The Morgan fingerprint density at radius 2 is 2.00 bits per heavy atom. The van der Waals surface area contributed by atoms with Crippen LogP contribution in [0.15, 0.2) is 33.8 Å². The highest BCUT2D eigenvalue weighted by atomic mass is 127. The second-order valence-electron chi connectivity index (χ2n) is 4.13. The molecule has 0 fully saturated rings. The summed E-state index contributed by atoms with van der Waals surface area (Å²) in [7, 11) is 0. The van der Waals surface area contributed by atoms with Crippen molar-refractivity contribution in [2.75, 3.05) is 5.32 Å². The molecule has 0 aliphatic carbocycles. The van der Waals surface area contributed by atoms with Gasteiger partial charge in [0.1, 0.15) is 12.3 Å². The van der Waals surface area contributed by atoms with E-state index < -0.39 is 6.36 Å². The lowest BCUT2D eigenvalue weighted by Crippen LogP contribution is -2.22. The van der Waals surface area contributed by atoms with Gasteiger partial charge in [0.25, 0.3) is 0 Å². The van der Waals surface area contributed by atoms with Gasteiger partial charge in [0, 0.05) is 5.69 Å². The molecule has 0 unspecified atom stereocenters. The summed E-state index contributed by atoms with van der Waals surface area (Å²) in [4.78, 5) is 7.90. The molecule has 0 saturated heterocycles. The molecule has 0 bridgehead atoms. The molecule has 0 atom stereocenters. The zero-order chi connectivity index (χ0) is 16.2. The van der Waals surface area contributed by atoms with E-state index in [1.54, 1.807) is 6.92 Å². The van der Waals surface area contributed by atoms with Gasteiger partial charge in [-0.05, 0) is 31.2 Å². The topological polar surface area (TPSA) is 98.6 Å². The molecular weight excluding hydrogens is 430 g/mol. The summed E-state index contributed by atoms with van der Waals surface area (Å²) in [5.41, 5.74) is 6.09. The van der Waals surface area contributed by atoms with E-state index in [-0.39, 0.29) is 42.2 Å². The van der Waals surface area contributed by atoms with E-state index in [4.69, 9.17) is 10.3 Å². The summed E-state index contributed by atoms with van der Waals surface area (Å²) >= 11 is 0. The molecule has 1 heterocycles. The summed E-state index contributed by atoms with van der Waals surface area (Å²) in [6, 6.07) is 5.07. The van der Waals surface area contributed by atoms with Crippen molar-refractivity contribution in [3.8, 4) is 5.75 Å². The average molecular weight is 443 g/mol. The third-order valence-electron chi connectivity index (χ3n) is 2.31. The van der Waals surface area contributed by atoms with Crippen LogP contribution in [0, 0.1) is 6.92 Å². The van der Waals surface area contributed by atoms with E-state index in [2.05, 4.69) is 25.2 Å². The van der Waals surface area contributed by atoms with Crippen molar-refractivity contribution in [1.82, 2.24) is 10.1 Å². The number of hydrogen-bond acceptors (Lipinski definition) is 5. The summed E-state index contributed by atoms with van der Waals surface area (Å²) in [5.74, 6) is 0.517. The van der Waals surface area contributed by atoms with Crippen LogP contribution in [0.5, 0.6) is 5.75 Å². The van der Waals surface area contributed by atoms with Crippen LogP contribution in [0.3, 0.4) is 0 Å². The van der Waals surface area contributed by atoms with Gasteiger partial charge in [-0.2, -0.15) is 4.98 Å².